The molecular weight excluding hydrogens is 399 g/mol. The lowest BCUT2D eigenvalue weighted by Crippen LogP contribution is -2.64. The van der Waals surface area contributed by atoms with E-state index in [2.05, 4.69) is 0 Å². The summed E-state index contributed by atoms with van der Waals surface area (Å²) in [6.45, 7) is 1.18. The molecule has 30 heavy (non-hydrogen) atoms. The second-order valence-corrected chi connectivity index (χ2v) is 7.93. The number of halogens is 3. The van der Waals surface area contributed by atoms with E-state index in [-0.39, 0.29) is 12.1 Å². The van der Waals surface area contributed by atoms with Crippen molar-refractivity contribution in [2.45, 2.75) is 38.1 Å². The molecule has 9 heteroatoms. The van der Waals surface area contributed by atoms with Crippen LogP contribution in [0.25, 0.3) is 0 Å². The fourth-order valence-corrected chi connectivity index (χ4v) is 4.69. The number of pyridine rings is 1. The number of benzene rings is 1. The maximum atomic E-state index is 13.7. The first-order chi connectivity index (χ1) is 14.1. The van der Waals surface area contributed by atoms with E-state index in [4.69, 9.17) is 0 Å². The molecule has 160 valence electrons. The SMILES string of the molecule is CC(C1CCC2N(C)C(=O)c3c(O)c(=O)ccn3N2C1c1ccccc1)C(F)(F)F. The monoisotopic (exact) mass is 421 g/mol. The van der Waals surface area contributed by atoms with Crippen LogP contribution >= 0.6 is 0 Å². The van der Waals surface area contributed by atoms with Gasteiger partial charge in [-0.3, -0.25) is 19.3 Å². The first-order valence-corrected chi connectivity index (χ1v) is 9.75. The van der Waals surface area contributed by atoms with Gasteiger partial charge in [0.05, 0.1) is 12.0 Å². The van der Waals surface area contributed by atoms with E-state index in [9.17, 15) is 27.9 Å². The van der Waals surface area contributed by atoms with Crippen molar-refractivity contribution >= 4 is 5.91 Å². The van der Waals surface area contributed by atoms with E-state index < -0.39 is 47.3 Å². The van der Waals surface area contributed by atoms with E-state index in [0.29, 0.717) is 12.0 Å². The lowest BCUT2D eigenvalue weighted by atomic mass is 9.76. The maximum absolute atomic E-state index is 13.7. The highest BCUT2D eigenvalue weighted by atomic mass is 19.4. The number of carbonyl (C=O) groups is 1. The molecule has 0 aliphatic carbocycles. The Labute approximate surface area is 171 Å². The molecule has 0 saturated carbocycles. The van der Waals surface area contributed by atoms with Crippen molar-refractivity contribution in [3.63, 3.8) is 0 Å². The largest absolute Gasteiger partial charge is 0.502 e. The van der Waals surface area contributed by atoms with Crippen LogP contribution in [0.15, 0.2) is 47.4 Å². The normalized spacial score (nSPS) is 25.0. The van der Waals surface area contributed by atoms with Gasteiger partial charge < -0.3 is 10.0 Å². The van der Waals surface area contributed by atoms with Crippen molar-refractivity contribution in [1.29, 1.82) is 0 Å². The van der Waals surface area contributed by atoms with Gasteiger partial charge in [0.2, 0.25) is 5.43 Å². The Hall–Kier alpha value is -2.97. The number of nitrogens with zero attached hydrogens (tertiary/aromatic N) is 3. The number of amides is 1. The highest BCUT2D eigenvalue weighted by Crippen LogP contribution is 2.48. The number of aromatic hydroxyl groups is 1. The van der Waals surface area contributed by atoms with Gasteiger partial charge in [0.1, 0.15) is 6.17 Å². The summed E-state index contributed by atoms with van der Waals surface area (Å²) in [6, 6.07) is 9.25. The molecule has 4 unspecified atom stereocenters. The third kappa shape index (κ3) is 3.03. The van der Waals surface area contributed by atoms with Crippen LogP contribution in [-0.4, -0.2) is 40.0 Å². The van der Waals surface area contributed by atoms with Crippen molar-refractivity contribution in [3.05, 3.63) is 64.1 Å². The minimum absolute atomic E-state index is 0.234. The van der Waals surface area contributed by atoms with E-state index in [1.54, 1.807) is 35.3 Å². The van der Waals surface area contributed by atoms with Crippen molar-refractivity contribution in [1.82, 2.24) is 9.58 Å². The van der Waals surface area contributed by atoms with Crippen molar-refractivity contribution in [2.75, 3.05) is 12.1 Å². The average molecular weight is 421 g/mol. The quantitative estimate of drug-likeness (QED) is 0.809. The van der Waals surface area contributed by atoms with Gasteiger partial charge in [0.15, 0.2) is 11.4 Å². The molecule has 0 bridgehead atoms. The van der Waals surface area contributed by atoms with Gasteiger partial charge in [-0.1, -0.05) is 37.3 Å². The molecule has 2 aromatic rings. The highest BCUT2D eigenvalue weighted by molar-refractivity contribution is 5.96. The van der Waals surface area contributed by atoms with Crippen LogP contribution < -0.4 is 10.4 Å². The Balaban J connectivity index is 1.94. The Morgan fingerprint density at radius 2 is 1.77 bits per heavy atom. The van der Waals surface area contributed by atoms with Crippen molar-refractivity contribution in [3.8, 4) is 5.75 Å². The lowest BCUT2D eigenvalue weighted by molar-refractivity contribution is -0.189. The fraction of sp³-hybridized carbons (Fsp3) is 0.429. The molecule has 1 N–H and O–H groups in total. The minimum Gasteiger partial charge on any atom is -0.502 e. The third-order valence-electron chi connectivity index (χ3n) is 6.33. The topological polar surface area (TPSA) is 65.8 Å². The molecule has 1 fully saturated rings. The zero-order chi connectivity index (χ0) is 21.8. The number of rotatable bonds is 2. The summed E-state index contributed by atoms with van der Waals surface area (Å²) in [5.74, 6) is -3.60. The molecule has 3 heterocycles. The van der Waals surface area contributed by atoms with Crippen LogP contribution in [0, 0.1) is 11.8 Å². The first kappa shape index (κ1) is 20.3. The van der Waals surface area contributed by atoms with Crippen molar-refractivity contribution < 1.29 is 23.1 Å². The number of alkyl halides is 3. The Morgan fingerprint density at radius 3 is 2.40 bits per heavy atom. The van der Waals surface area contributed by atoms with E-state index in [1.807, 2.05) is 0 Å². The second kappa shape index (κ2) is 7.07. The number of hydrogen-bond acceptors (Lipinski definition) is 4. The molecule has 6 nitrogen and oxygen atoms in total. The van der Waals surface area contributed by atoms with Gasteiger partial charge in [-0.2, -0.15) is 13.2 Å². The van der Waals surface area contributed by atoms with Gasteiger partial charge in [-0.25, -0.2) is 0 Å². The molecule has 2 aliphatic rings. The lowest BCUT2D eigenvalue weighted by Gasteiger charge is -2.55. The minimum atomic E-state index is -4.38. The van der Waals surface area contributed by atoms with Crippen LogP contribution in [0.4, 0.5) is 13.2 Å². The average Bonchev–Trinajstić information content (AvgIpc) is 2.72. The summed E-state index contributed by atoms with van der Waals surface area (Å²) in [7, 11) is 1.54. The molecular formula is C21H22F3N3O3. The summed E-state index contributed by atoms with van der Waals surface area (Å²) in [4.78, 5) is 26.2. The third-order valence-corrected chi connectivity index (χ3v) is 6.33. The molecule has 2 aliphatic heterocycles. The first-order valence-electron chi connectivity index (χ1n) is 9.75. The van der Waals surface area contributed by atoms with Gasteiger partial charge in [-0.05, 0) is 24.3 Å². The van der Waals surface area contributed by atoms with Gasteiger partial charge in [0, 0.05) is 19.3 Å². The maximum Gasteiger partial charge on any atom is 0.391 e. The van der Waals surface area contributed by atoms with Crippen LogP contribution in [0.1, 0.15) is 41.9 Å². The molecule has 0 spiro atoms. The van der Waals surface area contributed by atoms with Crippen LogP contribution in [0.3, 0.4) is 0 Å². The number of piperidine rings is 1. The summed E-state index contributed by atoms with van der Waals surface area (Å²) in [6.07, 6.45) is -2.92. The fourth-order valence-electron chi connectivity index (χ4n) is 4.69. The van der Waals surface area contributed by atoms with Gasteiger partial charge in [0.25, 0.3) is 5.91 Å². The predicted molar refractivity (Wildman–Crippen MR) is 104 cm³/mol. The van der Waals surface area contributed by atoms with E-state index in [0.717, 1.165) is 6.07 Å². The second-order valence-electron chi connectivity index (χ2n) is 7.93. The molecule has 4 rings (SSSR count). The molecule has 1 saturated heterocycles. The Morgan fingerprint density at radius 1 is 1.10 bits per heavy atom. The molecule has 0 radical (unpaired) electrons. The summed E-state index contributed by atoms with van der Waals surface area (Å²) in [5, 5.41) is 12.0. The number of carbonyl (C=O) groups excluding carboxylic acids is 1. The van der Waals surface area contributed by atoms with Crippen LogP contribution in [0.2, 0.25) is 0 Å². The van der Waals surface area contributed by atoms with E-state index in [1.165, 1.54) is 29.7 Å². The summed E-state index contributed by atoms with van der Waals surface area (Å²) >= 11 is 0. The number of hydrogen-bond donors (Lipinski definition) is 1. The summed E-state index contributed by atoms with van der Waals surface area (Å²) in [5.41, 5.74) is -0.271. The van der Waals surface area contributed by atoms with Crippen LogP contribution in [0.5, 0.6) is 5.75 Å². The van der Waals surface area contributed by atoms with Crippen LogP contribution in [-0.2, 0) is 0 Å². The predicted octanol–water partition coefficient (Wildman–Crippen LogP) is 3.25. The molecule has 1 amide bonds. The van der Waals surface area contributed by atoms with Gasteiger partial charge >= 0.3 is 6.18 Å². The highest BCUT2D eigenvalue weighted by Gasteiger charge is 2.52. The smallest absolute Gasteiger partial charge is 0.391 e. The number of fused-ring (bicyclic) bond motifs is 3. The molecule has 1 aromatic carbocycles. The zero-order valence-electron chi connectivity index (χ0n) is 16.5. The Bertz CT molecular complexity index is 1020. The Kier molecular flexibility index (Phi) is 4.79. The number of aromatic nitrogens is 1. The zero-order valence-corrected chi connectivity index (χ0v) is 16.5. The van der Waals surface area contributed by atoms with E-state index >= 15 is 0 Å². The van der Waals surface area contributed by atoms with Gasteiger partial charge in [-0.15, -0.1) is 0 Å². The van der Waals surface area contributed by atoms with Crippen molar-refractivity contribution in [2.24, 2.45) is 11.8 Å². The molecule has 1 aromatic heterocycles. The molecule has 4 atom stereocenters. The summed E-state index contributed by atoms with van der Waals surface area (Å²) < 4.78 is 42.5. The standard InChI is InChI=1S/C21H22F3N3O3/c1-12(21(22,23)24)14-8-9-16-25(2)20(30)18-19(29)15(28)10-11-26(18)27(16)17(14)13-6-4-3-5-7-13/h3-7,10-12,14,16-17,29H,8-9H2,1-2H3.